The fraction of sp³-hybridized carbons (Fsp3) is 0.0952. The molecule has 3 N–H and O–H groups in total. The number of amides is 1. The summed E-state index contributed by atoms with van der Waals surface area (Å²) < 4.78 is 41.8. The quantitative estimate of drug-likeness (QED) is 0.239. The predicted octanol–water partition coefficient (Wildman–Crippen LogP) is 4.34. The molecule has 0 unspecified atom stereocenters. The van der Waals surface area contributed by atoms with Crippen molar-refractivity contribution in [3.05, 3.63) is 73.9 Å². The number of aromatic carboxylic acids is 2. The standard InChI is InChI=1S/C21H12F3N5O7S/c1-8-15(19(31)32)18(37-16(8)20(33)34)26-17(30)12-7-14-25-11(6-13(21(22,23)24)28(14)27-12)9-2-4-10(5-3-9)29(35)36/h2-7H,1H3,(H,26,30)(H,31,32)(H,33,34). The van der Waals surface area contributed by atoms with E-state index in [0.29, 0.717) is 21.9 Å². The maximum Gasteiger partial charge on any atom is 0.433 e. The highest BCUT2D eigenvalue weighted by Gasteiger charge is 2.36. The summed E-state index contributed by atoms with van der Waals surface area (Å²) in [5, 5.41) is 35.0. The Morgan fingerprint density at radius 3 is 2.30 bits per heavy atom. The molecule has 0 bridgehead atoms. The molecule has 12 nitrogen and oxygen atoms in total. The summed E-state index contributed by atoms with van der Waals surface area (Å²) in [6.07, 6.45) is -4.94. The Labute approximate surface area is 206 Å². The molecule has 4 rings (SSSR count). The van der Waals surface area contributed by atoms with Gasteiger partial charge in [-0.25, -0.2) is 19.1 Å². The molecule has 4 aromatic rings. The molecule has 0 fully saturated rings. The highest BCUT2D eigenvalue weighted by molar-refractivity contribution is 7.18. The van der Waals surface area contributed by atoms with Gasteiger partial charge in [0, 0.05) is 23.8 Å². The molecular weight excluding hydrogens is 523 g/mol. The van der Waals surface area contributed by atoms with Crippen LogP contribution in [0, 0.1) is 17.0 Å². The van der Waals surface area contributed by atoms with Crippen LogP contribution in [0.4, 0.5) is 23.9 Å². The zero-order chi connectivity index (χ0) is 27.2. The average molecular weight is 535 g/mol. The van der Waals surface area contributed by atoms with Crippen LogP contribution < -0.4 is 5.32 Å². The second kappa shape index (κ2) is 8.98. The van der Waals surface area contributed by atoms with Gasteiger partial charge in [0.25, 0.3) is 11.6 Å². The number of benzene rings is 1. The van der Waals surface area contributed by atoms with E-state index >= 15 is 0 Å². The fourth-order valence-corrected chi connectivity index (χ4v) is 4.45. The maximum atomic E-state index is 13.8. The van der Waals surface area contributed by atoms with Gasteiger partial charge in [0.15, 0.2) is 17.0 Å². The van der Waals surface area contributed by atoms with Crippen molar-refractivity contribution in [2.45, 2.75) is 13.1 Å². The van der Waals surface area contributed by atoms with E-state index in [9.17, 15) is 47.9 Å². The summed E-state index contributed by atoms with van der Waals surface area (Å²) in [7, 11) is 0. The number of aromatic nitrogens is 3. The largest absolute Gasteiger partial charge is 0.478 e. The van der Waals surface area contributed by atoms with Crippen LogP contribution in [0.25, 0.3) is 16.9 Å². The number of rotatable bonds is 6. The van der Waals surface area contributed by atoms with E-state index < -0.39 is 45.9 Å². The first kappa shape index (κ1) is 25.2. The molecule has 3 heterocycles. The summed E-state index contributed by atoms with van der Waals surface area (Å²) in [4.78, 5) is 49.6. The number of halogens is 3. The van der Waals surface area contributed by atoms with Crippen LogP contribution in [0.3, 0.4) is 0 Å². The molecule has 1 aromatic carbocycles. The number of non-ortho nitro benzene ring substituents is 1. The molecule has 1 amide bonds. The molecule has 0 saturated heterocycles. The second-order valence-corrected chi connectivity index (χ2v) is 8.47. The van der Waals surface area contributed by atoms with Crippen LogP contribution in [-0.4, -0.2) is 47.6 Å². The van der Waals surface area contributed by atoms with Gasteiger partial charge in [-0.05, 0) is 30.7 Å². The number of carbonyl (C=O) groups excluding carboxylic acids is 1. The van der Waals surface area contributed by atoms with Crippen molar-refractivity contribution >= 4 is 45.5 Å². The Kier molecular flexibility index (Phi) is 6.12. The first-order valence-corrected chi connectivity index (χ1v) is 10.7. The Hall–Kier alpha value is -4.86. The number of nitro benzene ring substituents is 1. The van der Waals surface area contributed by atoms with Crippen molar-refractivity contribution < 1.29 is 42.7 Å². The average Bonchev–Trinajstić information content (AvgIpc) is 3.38. The van der Waals surface area contributed by atoms with E-state index in [-0.39, 0.29) is 38.0 Å². The first-order chi connectivity index (χ1) is 17.3. The number of carbonyl (C=O) groups is 3. The smallest absolute Gasteiger partial charge is 0.433 e. The fourth-order valence-electron chi connectivity index (χ4n) is 3.42. The number of nitrogens with zero attached hydrogens (tertiary/aromatic N) is 4. The molecule has 0 spiro atoms. The van der Waals surface area contributed by atoms with E-state index in [1.165, 1.54) is 19.1 Å². The minimum absolute atomic E-state index is 0.107. The molecule has 0 saturated carbocycles. The zero-order valence-electron chi connectivity index (χ0n) is 18.2. The maximum absolute atomic E-state index is 13.8. The number of alkyl halides is 3. The number of carboxylic acid groups (broad SMARTS) is 2. The van der Waals surface area contributed by atoms with Gasteiger partial charge in [0.05, 0.1) is 16.2 Å². The van der Waals surface area contributed by atoms with Gasteiger partial charge < -0.3 is 15.5 Å². The van der Waals surface area contributed by atoms with E-state index in [1.54, 1.807) is 0 Å². The van der Waals surface area contributed by atoms with Gasteiger partial charge in [0.1, 0.15) is 9.88 Å². The molecule has 3 aromatic heterocycles. The summed E-state index contributed by atoms with van der Waals surface area (Å²) in [5.41, 5.74) is -3.17. The van der Waals surface area contributed by atoms with E-state index in [2.05, 4.69) is 15.4 Å². The molecule has 0 radical (unpaired) electrons. The lowest BCUT2D eigenvalue weighted by Gasteiger charge is -2.11. The first-order valence-electron chi connectivity index (χ1n) is 9.92. The third-order valence-electron chi connectivity index (χ3n) is 5.11. The molecule has 0 atom stereocenters. The lowest BCUT2D eigenvalue weighted by Crippen LogP contribution is -2.16. The number of thiophene rings is 1. The lowest BCUT2D eigenvalue weighted by molar-refractivity contribution is -0.384. The van der Waals surface area contributed by atoms with Crippen LogP contribution >= 0.6 is 11.3 Å². The highest BCUT2D eigenvalue weighted by Crippen LogP contribution is 2.35. The van der Waals surface area contributed by atoms with Crippen molar-refractivity contribution in [3.8, 4) is 11.3 Å². The molecule has 0 aliphatic rings. The van der Waals surface area contributed by atoms with Crippen LogP contribution in [0.1, 0.15) is 41.8 Å². The summed E-state index contributed by atoms with van der Waals surface area (Å²) in [6, 6.07) is 6.21. The van der Waals surface area contributed by atoms with Crippen molar-refractivity contribution in [3.63, 3.8) is 0 Å². The zero-order valence-corrected chi connectivity index (χ0v) is 19.0. The third-order valence-corrected chi connectivity index (χ3v) is 6.30. The summed E-state index contributed by atoms with van der Waals surface area (Å²) in [5.74, 6) is -4.03. The molecule has 0 aliphatic carbocycles. The van der Waals surface area contributed by atoms with Gasteiger partial charge in [-0.2, -0.15) is 18.3 Å². The molecule has 190 valence electrons. The topological polar surface area (TPSA) is 177 Å². The van der Waals surface area contributed by atoms with Crippen LogP contribution in [0.2, 0.25) is 0 Å². The third kappa shape index (κ3) is 4.68. The van der Waals surface area contributed by atoms with Gasteiger partial charge in [0.2, 0.25) is 0 Å². The van der Waals surface area contributed by atoms with Crippen molar-refractivity contribution in [2.75, 3.05) is 5.32 Å². The Balaban J connectivity index is 1.78. The van der Waals surface area contributed by atoms with E-state index in [0.717, 1.165) is 18.2 Å². The van der Waals surface area contributed by atoms with E-state index in [1.807, 2.05) is 0 Å². The molecule has 37 heavy (non-hydrogen) atoms. The number of nitro groups is 1. The van der Waals surface area contributed by atoms with Gasteiger partial charge in [-0.1, -0.05) is 0 Å². The molecule has 16 heteroatoms. The second-order valence-electron chi connectivity index (χ2n) is 7.45. The SMILES string of the molecule is Cc1c(C(=O)O)sc(NC(=O)c2cc3nc(-c4ccc([N+](=O)[O-])cc4)cc(C(F)(F)F)n3n2)c1C(=O)O. The van der Waals surface area contributed by atoms with Crippen LogP contribution in [0.15, 0.2) is 36.4 Å². The number of carboxylic acids is 2. The normalized spacial score (nSPS) is 11.5. The minimum Gasteiger partial charge on any atom is -0.478 e. The number of hydrogen-bond acceptors (Lipinski definition) is 8. The van der Waals surface area contributed by atoms with Crippen LogP contribution in [0.5, 0.6) is 0 Å². The monoisotopic (exact) mass is 535 g/mol. The summed E-state index contributed by atoms with van der Waals surface area (Å²) in [6.45, 7) is 1.24. The molecule has 0 aliphatic heterocycles. The highest BCUT2D eigenvalue weighted by atomic mass is 32.1. The predicted molar refractivity (Wildman–Crippen MR) is 121 cm³/mol. The van der Waals surface area contributed by atoms with Crippen molar-refractivity contribution in [2.24, 2.45) is 0 Å². The number of nitrogens with one attached hydrogen (secondary N) is 1. The minimum atomic E-state index is -4.94. The van der Waals surface area contributed by atoms with Crippen molar-refractivity contribution in [1.82, 2.24) is 14.6 Å². The Morgan fingerprint density at radius 2 is 1.76 bits per heavy atom. The lowest BCUT2D eigenvalue weighted by atomic mass is 10.1. The van der Waals surface area contributed by atoms with Crippen LogP contribution in [-0.2, 0) is 6.18 Å². The van der Waals surface area contributed by atoms with E-state index in [4.69, 9.17) is 0 Å². The number of hydrogen-bond donors (Lipinski definition) is 3. The molecular formula is C21H12F3N5O7S. The van der Waals surface area contributed by atoms with Gasteiger partial charge in [-0.15, -0.1) is 11.3 Å². The number of fused-ring (bicyclic) bond motifs is 1. The van der Waals surface area contributed by atoms with Gasteiger partial charge >= 0.3 is 18.1 Å². The Morgan fingerprint density at radius 1 is 1.11 bits per heavy atom. The Bertz CT molecular complexity index is 1610. The van der Waals surface area contributed by atoms with Crippen molar-refractivity contribution in [1.29, 1.82) is 0 Å². The summed E-state index contributed by atoms with van der Waals surface area (Å²) >= 11 is 0.472. The van der Waals surface area contributed by atoms with Gasteiger partial charge in [-0.3, -0.25) is 14.9 Å². The number of anilines is 1.